The molecule has 0 saturated heterocycles. The quantitative estimate of drug-likeness (QED) is 0.374. The summed E-state index contributed by atoms with van der Waals surface area (Å²) in [7, 11) is 4.49. The van der Waals surface area contributed by atoms with E-state index in [0.717, 1.165) is 0 Å². The Morgan fingerprint density at radius 2 is 1.31 bits per heavy atom. The van der Waals surface area contributed by atoms with Crippen LogP contribution in [0.25, 0.3) is 0 Å². The third-order valence-electron chi connectivity index (χ3n) is 7.06. The third-order valence-corrected chi connectivity index (χ3v) is 7.06. The molecular formula is C30H32N2O7. The number of benzene rings is 3. The summed E-state index contributed by atoms with van der Waals surface area (Å²) in [6.45, 7) is 1.45. The molecule has 0 aliphatic heterocycles. The number of carbonyl (C=O) groups is 3. The molecule has 39 heavy (non-hydrogen) atoms. The number of hydrogen-bond acceptors (Lipinski definition) is 7. The van der Waals surface area contributed by atoms with Gasteiger partial charge in [0.15, 0.2) is 0 Å². The molecule has 9 nitrogen and oxygen atoms in total. The zero-order valence-electron chi connectivity index (χ0n) is 22.3. The Labute approximate surface area is 227 Å². The van der Waals surface area contributed by atoms with Gasteiger partial charge in [0, 0.05) is 12.3 Å². The Morgan fingerprint density at radius 3 is 1.82 bits per heavy atom. The van der Waals surface area contributed by atoms with E-state index < -0.39 is 41.0 Å². The van der Waals surface area contributed by atoms with Gasteiger partial charge in [0.1, 0.15) is 28.9 Å². The van der Waals surface area contributed by atoms with E-state index in [4.69, 9.17) is 14.2 Å². The van der Waals surface area contributed by atoms with E-state index in [1.165, 1.54) is 28.3 Å². The van der Waals surface area contributed by atoms with Gasteiger partial charge in [-0.3, -0.25) is 14.4 Å². The summed E-state index contributed by atoms with van der Waals surface area (Å²) in [5.74, 6) is -3.62. The van der Waals surface area contributed by atoms with Crippen molar-refractivity contribution < 1.29 is 33.7 Å². The molecule has 1 saturated carbocycles. The van der Waals surface area contributed by atoms with Crippen LogP contribution in [0.4, 0.5) is 11.4 Å². The lowest BCUT2D eigenvalue weighted by atomic mass is 9.61. The molecule has 1 aliphatic rings. The maximum Gasteiger partial charge on any atom is 0.235 e. The molecule has 0 bridgehead atoms. The second-order valence-corrected chi connectivity index (χ2v) is 9.63. The monoisotopic (exact) mass is 532 g/mol. The number of carbonyl (C=O) groups excluding carboxylic acids is 3. The average Bonchev–Trinajstić information content (AvgIpc) is 2.92. The van der Waals surface area contributed by atoms with Crippen LogP contribution < -0.4 is 24.8 Å². The topological polar surface area (TPSA) is 123 Å². The number of Topliss-reactive ketones (excluding diaryl/α,β-unsaturated/α-hetero) is 1. The molecule has 1 aliphatic carbocycles. The summed E-state index contributed by atoms with van der Waals surface area (Å²) in [5.41, 5.74) is -0.418. The number of rotatable bonds is 8. The first-order valence-corrected chi connectivity index (χ1v) is 12.5. The van der Waals surface area contributed by atoms with E-state index in [2.05, 4.69) is 10.6 Å². The minimum Gasteiger partial charge on any atom is -0.497 e. The van der Waals surface area contributed by atoms with Crippen molar-refractivity contribution in [3.05, 3.63) is 78.4 Å². The van der Waals surface area contributed by atoms with Crippen LogP contribution in [0.3, 0.4) is 0 Å². The molecule has 3 aromatic rings. The first-order valence-electron chi connectivity index (χ1n) is 12.5. The summed E-state index contributed by atoms with van der Waals surface area (Å²) in [6, 6.07) is 20.5. The third kappa shape index (κ3) is 5.73. The number of anilines is 2. The maximum absolute atomic E-state index is 13.9. The first-order chi connectivity index (χ1) is 18.7. The maximum atomic E-state index is 13.9. The van der Waals surface area contributed by atoms with Gasteiger partial charge >= 0.3 is 0 Å². The molecule has 3 aromatic carbocycles. The Kier molecular flexibility index (Phi) is 8.21. The van der Waals surface area contributed by atoms with Crippen molar-refractivity contribution in [2.45, 2.75) is 24.9 Å². The van der Waals surface area contributed by atoms with Crippen molar-refractivity contribution in [2.24, 2.45) is 11.8 Å². The number of hydrogen-bond donors (Lipinski definition) is 3. The van der Waals surface area contributed by atoms with E-state index in [1.54, 1.807) is 72.8 Å². The summed E-state index contributed by atoms with van der Waals surface area (Å²) < 4.78 is 16.0. The number of ether oxygens (including phenoxy) is 3. The van der Waals surface area contributed by atoms with E-state index in [1.807, 2.05) is 0 Å². The van der Waals surface area contributed by atoms with Crippen molar-refractivity contribution in [2.75, 3.05) is 32.0 Å². The minimum absolute atomic E-state index is 0.381. The summed E-state index contributed by atoms with van der Waals surface area (Å²) in [4.78, 5) is 41.1. The van der Waals surface area contributed by atoms with E-state index in [0.29, 0.717) is 34.2 Å². The summed E-state index contributed by atoms with van der Waals surface area (Å²) >= 11 is 0. The number of amides is 2. The molecule has 3 N–H and O–H groups in total. The molecule has 0 heterocycles. The van der Waals surface area contributed by atoms with Crippen LogP contribution in [-0.4, -0.2) is 49.6 Å². The van der Waals surface area contributed by atoms with E-state index in [9.17, 15) is 19.5 Å². The predicted octanol–water partition coefficient (Wildman–Crippen LogP) is 4.03. The van der Waals surface area contributed by atoms with Gasteiger partial charge in [0.2, 0.25) is 11.8 Å². The fourth-order valence-corrected chi connectivity index (χ4v) is 5.23. The SMILES string of the molecule is COc1ccc([C@H]2[C@H](C(=O)Nc3ccccc3OC)C(=O)C[C@@](C)(O)[C@H]2C(=O)Nc2ccccc2OC)cc1. The highest BCUT2D eigenvalue weighted by molar-refractivity contribution is 6.11. The van der Waals surface area contributed by atoms with Crippen LogP contribution in [0.1, 0.15) is 24.8 Å². The van der Waals surface area contributed by atoms with E-state index in [-0.39, 0.29) is 6.42 Å². The Morgan fingerprint density at radius 1 is 0.795 bits per heavy atom. The van der Waals surface area contributed by atoms with Crippen LogP contribution in [0.2, 0.25) is 0 Å². The fraction of sp³-hybridized carbons (Fsp3) is 0.300. The summed E-state index contributed by atoms with van der Waals surface area (Å²) in [6.07, 6.45) is -0.381. The van der Waals surface area contributed by atoms with E-state index >= 15 is 0 Å². The molecule has 204 valence electrons. The van der Waals surface area contributed by atoms with Crippen LogP contribution in [0.5, 0.6) is 17.2 Å². The summed E-state index contributed by atoms with van der Waals surface area (Å²) in [5, 5.41) is 17.1. The minimum atomic E-state index is -1.74. The van der Waals surface area contributed by atoms with Gasteiger partial charge in [-0.2, -0.15) is 0 Å². The van der Waals surface area contributed by atoms with Gasteiger partial charge in [-0.05, 0) is 48.9 Å². The molecule has 0 radical (unpaired) electrons. The molecule has 0 spiro atoms. The highest BCUT2D eigenvalue weighted by Gasteiger charge is 2.56. The lowest BCUT2D eigenvalue weighted by Crippen LogP contribution is -2.56. The second-order valence-electron chi connectivity index (χ2n) is 9.63. The molecule has 9 heteroatoms. The number of nitrogens with one attached hydrogen (secondary N) is 2. The fourth-order valence-electron chi connectivity index (χ4n) is 5.23. The number of aliphatic hydroxyl groups is 1. The molecule has 1 fully saturated rings. The van der Waals surface area contributed by atoms with Crippen molar-refractivity contribution in [1.29, 1.82) is 0 Å². The molecule has 4 rings (SSSR count). The lowest BCUT2D eigenvalue weighted by molar-refractivity contribution is -0.150. The van der Waals surface area contributed by atoms with Gasteiger partial charge in [-0.25, -0.2) is 0 Å². The van der Waals surface area contributed by atoms with Crippen molar-refractivity contribution >= 4 is 29.0 Å². The highest BCUT2D eigenvalue weighted by Crippen LogP contribution is 2.47. The standard InChI is InChI=1S/C30H32N2O7/c1-30(36)17-22(33)26(28(34)31-20-9-5-7-11-23(20)38-3)25(18-13-15-19(37-2)16-14-18)27(30)29(35)32-21-10-6-8-12-24(21)39-4/h5-16,25-27,36H,17H2,1-4H3,(H,31,34)(H,32,35)/t25-,26+,27+,30+/m0/s1. The number of para-hydroxylation sites is 4. The van der Waals surface area contributed by atoms with Crippen LogP contribution in [-0.2, 0) is 14.4 Å². The van der Waals surface area contributed by atoms with Gasteiger partial charge in [-0.1, -0.05) is 36.4 Å². The lowest BCUT2D eigenvalue weighted by Gasteiger charge is -2.44. The predicted molar refractivity (Wildman–Crippen MR) is 146 cm³/mol. The highest BCUT2D eigenvalue weighted by atomic mass is 16.5. The average molecular weight is 533 g/mol. The number of ketones is 1. The molecular weight excluding hydrogens is 500 g/mol. The van der Waals surface area contributed by atoms with Gasteiger partial charge in [0.25, 0.3) is 0 Å². The van der Waals surface area contributed by atoms with Gasteiger partial charge < -0.3 is 30.0 Å². The molecule has 0 unspecified atom stereocenters. The van der Waals surface area contributed by atoms with Crippen LogP contribution in [0, 0.1) is 11.8 Å². The normalized spacial score (nSPS) is 22.5. The largest absolute Gasteiger partial charge is 0.497 e. The van der Waals surface area contributed by atoms with Gasteiger partial charge in [-0.15, -0.1) is 0 Å². The zero-order chi connectivity index (χ0) is 28.2. The van der Waals surface area contributed by atoms with Gasteiger partial charge in [0.05, 0.1) is 44.2 Å². The van der Waals surface area contributed by atoms with Crippen molar-refractivity contribution in [1.82, 2.24) is 0 Å². The second kappa shape index (κ2) is 11.6. The molecule has 2 amide bonds. The smallest absolute Gasteiger partial charge is 0.235 e. The van der Waals surface area contributed by atoms with Crippen LogP contribution >= 0.6 is 0 Å². The Hall–Kier alpha value is -4.37. The molecule has 4 atom stereocenters. The van der Waals surface area contributed by atoms with Crippen LogP contribution in [0.15, 0.2) is 72.8 Å². The number of methoxy groups -OCH3 is 3. The first kappa shape index (κ1) is 27.7. The van der Waals surface area contributed by atoms with Crippen molar-refractivity contribution in [3.8, 4) is 17.2 Å². The Bertz CT molecular complexity index is 1350. The van der Waals surface area contributed by atoms with Crippen molar-refractivity contribution in [3.63, 3.8) is 0 Å². The Balaban J connectivity index is 1.79. The molecule has 0 aromatic heterocycles. The zero-order valence-corrected chi connectivity index (χ0v) is 22.3.